The Morgan fingerprint density at radius 3 is 2.50 bits per heavy atom. The normalized spacial score (nSPS) is 10.1. The molecule has 0 aliphatic rings. The van der Waals surface area contributed by atoms with E-state index in [1.54, 1.807) is 6.07 Å². The van der Waals surface area contributed by atoms with Gasteiger partial charge in [-0.15, -0.1) is 0 Å². The molecule has 0 aliphatic heterocycles. The average Bonchev–Trinajstić information content (AvgIpc) is 2.57. The fourth-order valence-corrected chi connectivity index (χ4v) is 2.24. The van der Waals surface area contributed by atoms with Crippen molar-refractivity contribution >= 4 is 23.5 Å². The molecule has 0 heterocycles. The van der Waals surface area contributed by atoms with Gasteiger partial charge in [-0.25, -0.2) is 0 Å². The molecule has 0 spiro atoms. The second-order valence-electron chi connectivity index (χ2n) is 5.62. The first-order valence-corrected chi connectivity index (χ1v) is 7.80. The van der Waals surface area contributed by atoms with Crippen LogP contribution in [0.25, 0.3) is 0 Å². The van der Waals surface area contributed by atoms with Crippen molar-refractivity contribution in [2.75, 3.05) is 11.9 Å². The minimum atomic E-state index is -1.51. The van der Waals surface area contributed by atoms with Crippen LogP contribution >= 0.6 is 0 Å². The number of carbonyl (C=O) groups is 3. The molecule has 2 aromatic rings. The van der Waals surface area contributed by atoms with Crippen molar-refractivity contribution in [1.29, 1.82) is 0 Å². The van der Waals surface area contributed by atoms with Crippen LogP contribution in [0.1, 0.15) is 28.4 Å². The van der Waals surface area contributed by atoms with Gasteiger partial charge in [-0.2, -0.15) is 0 Å². The fourth-order valence-electron chi connectivity index (χ4n) is 2.24. The van der Waals surface area contributed by atoms with E-state index in [1.165, 1.54) is 19.1 Å². The second kappa shape index (κ2) is 8.15. The van der Waals surface area contributed by atoms with E-state index < -0.39 is 17.8 Å². The van der Waals surface area contributed by atoms with Crippen LogP contribution in [-0.2, 0) is 9.59 Å². The molecule has 0 aliphatic carbocycles. The van der Waals surface area contributed by atoms with Gasteiger partial charge < -0.3 is 24.7 Å². The summed E-state index contributed by atoms with van der Waals surface area (Å²) in [7, 11) is 0. The van der Waals surface area contributed by atoms with E-state index in [2.05, 4.69) is 5.32 Å². The third-order valence-corrected chi connectivity index (χ3v) is 3.66. The van der Waals surface area contributed by atoms with E-state index in [-0.39, 0.29) is 23.6 Å². The average molecular weight is 356 g/mol. The summed E-state index contributed by atoms with van der Waals surface area (Å²) in [6.45, 7) is 4.71. The molecule has 2 aromatic carbocycles. The zero-order valence-electron chi connectivity index (χ0n) is 14.6. The van der Waals surface area contributed by atoms with Crippen LogP contribution in [0.4, 0.5) is 5.69 Å². The standard InChI is InChI=1S/C19H19NO6/c1-11-5-4-6-17(12(11)2)25-10-18(22)20-16-8-7-14(26-13(3)21)9-15(16)19(23)24/h4-9H,10H2,1-3H3,(H,20,22)(H,23,24)/p-1. The Balaban J connectivity index is 2.09. The fraction of sp³-hybridized carbons (Fsp3) is 0.211. The molecule has 7 nitrogen and oxygen atoms in total. The van der Waals surface area contributed by atoms with E-state index in [1.807, 2.05) is 26.0 Å². The lowest BCUT2D eigenvalue weighted by molar-refractivity contribution is -0.254. The maximum atomic E-state index is 12.1. The highest BCUT2D eigenvalue weighted by molar-refractivity contribution is 6.00. The van der Waals surface area contributed by atoms with Crippen molar-refractivity contribution in [3.05, 3.63) is 53.1 Å². The topological polar surface area (TPSA) is 105 Å². The lowest BCUT2D eigenvalue weighted by Crippen LogP contribution is -2.26. The first-order chi connectivity index (χ1) is 12.3. The van der Waals surface area contributed by atoms with Crippen LogP contribution in [0.5, 0.6) is 11.5 Å². The van der Waals surface area contributed by atoms with E-state index >= 15 is 0 Å². The van der Waals surface area contributed by atoms with Crippen molar-refractivity contribution in [2.45, 2.75) is 20.8 Å². The highest BCUT2D eigenvalue weighted by Crippen LogP contribution is 2.23. The molecule has 1 N–H and O–H groups in total. The van der Waals surface area contributed by atoms with Crippen LogP contribution in [-0.4, -0.2) is 24.5 Å². The second-order valence-corrected chi connectivity index (χ2v) is 5.62. The molecule has 0 aromatic heterocycles. The Bertz CT molecular complexity index is 859. The van der Waals surface area contributed by atoms with Gasteiger partial charge in [0, 0.05) is 12.5 Å². The number of ether oxygens (including phenoxy) is 2. The summed E-state index contributed by atoms with van der Waals surface area (Å²) < 4.78 is 10.3. The van der Waals surface area contributed by atoms with Gasteiger partial charge in [-0.1, -0.05) is 12.1 Å². The molecule has 26 heavy (non-hydrogen) atoms. The Kier molecular flexibility index (Phi) is 5.95. The SMILES string of the molecule is CC(=O)Oc1ccc(NC(=O)COc2cccc(C)c2C)c(C(=O)[O-])c1. The largest absolute Gasteiger partial charge is 0.545 e. The molecule has 0 atom stereocenters. The number of aryl methyl sites for hydroxylation is 1. The van der Waals surface area contributed by atoms with Crippen LogP contribution < -0.4 is 19.9 Å². The van der Waals surface area contributed by atoms with Crippen molar-refractivity contribution < 1.29 is 29.0 Å². The van der Waals surface area contributed by atoms with Gasteiger partial charge in [-0.3, -0.25) is 9.59 Å². The number of carboxylic acid groups (broad SMARTS) is 1. The molecular weight excluding hydrogens is 338 g/mol. The van der Waals surface area contributed by atoms with Crippen molar-refractivity contribution in [1.82, 2.24) is 0 Å². The number of aromatic carboxylic acids is 1. The minimum Gasteiger partial charge on any atom is -0.545 e. The summed E-state index contributed by atoms with van der Waals surface area (Å²) in [4.78, 5) is 34.3. The third-order valence-electron chi connectivity index (χ3n) is 3.66. The van der Waals surface area contributed by atoms with Gasteiger partial charge in [0.1, 0.15) is 11.5 Å². The highest BCUT2D eigenvalue weighted by atomic mass is 16.5. The number of anilines is 1. The molecule has 136 valence electrons. The van der Waals surface area contributed by atoms with Crippen molar-refractivity contribution in [3.8, 4) is 11.5 Å². The smallest absolute Gasteiger partial charge is 0.308 e. The number of amides is 1. The summed E-state index contributed by atoms with van der Waals surface area (Å²) in [5.74, 6) is -2.02. The first-order valence-electron chi connectivity index (χ1n) is 7.80. The number of benzene rings is 2. The van der Waals surface area contributed by atoms with Gasteiger partial charge in [0.2, 0.25) is 0 Å². The number of hydrogen-bond acceptors (Lipinski definition) is 6. The number of carbonyl (C=O) groups excluding carboxylic acids is 3. The van der Waals surface area contributed by atoms with Crippen LogP contribution in [0, 0.1) is 13.8 Å². The number of nitrogens with one attached hydrogen (secondary N) is 1. The van der Waals surface area contributed by atoms with Gasteiger partial charge in [0.25, 0.3) is 5.91 Å². The molecule has 7 heteroatoms. The van der Waals surface area contributed by atoms with E-state index in [0.29, 0.717) is 5.75 Å². The zero-order valence-corrected chi connectivity index (χ0v) is 14.6. The molecule has 1 amide bonds. The van der Waals surface area contributed by atoms with Crippen molar-refractivity contribution in [2.24, 2.45) is 0 Å². The molecule has 0 saturated carbocycles. The molecule has 0 fully saturated rings. The van der Waals surface area contributed by atoms with Gasteiger partial charge in [0.05, 0.1) is 11.7 Å². The third kappa shape index (κ3) is 4.83. The quantitative estimate of drug-likeness (QED) is 0.623. The van der Waals surface area contributed by atoms with Crippen molar-refractivity contribution in [3.63, 3.8) is 0 Å². The highest BCUT2D eigenvalue weighted by Gasteiger charge is 2.12. The summed E-state index contributed by atoms with van der Waals surface area (Å²) in [6, 6.07) is 9.29. The number of hydrogen-bond donors (Lipinski definition) is 1. The lowest BCUT2D eigenvalue weighted by Gasteiger charge is -2.14. The summed E-state index contributed by atoms with van der Waals surface area (Å²) >= 11 is 0. The lowest BCUT2D eigenvalue weighted by atomic mass is 10.1. The Labute approximate surface area is 150 Å². The maximum absolute atomic E-state index is 12.1. The number of carboxylic acids is 1. The van der Waals surface area contributed by atoms with Gasteiger partial charge >= 0.3 is 5.97 Å². The van der Waals surface area contributed by atoms with Gasteiger partial charge in [-0.05, 0) is 49.2 Å². The van der Waals surface area contributed by atoms with E-state index in [9.17, 15) is 19.5 Å². The van der Waals surface area contributed by atoms with E-state index in [4.69, 9.17) is 9.47 Å². The molecule has 0 bridgehead atoms. The van der Waals surface area contributed by atoms with Crippen LogP contribution in [0.15, 0.2) is 36.4 Å². The summed E-state index contributed by atoms with van der Waals surface area (Å²) in [5.41, 5.74) is 1.67. The predicted octanol–water partition coefficient (Wildman–Crippen LogP) is 1.61. The zero-order chi connectivity index (χ0) is 19.3. The predicted molar refractivity (Wildman–Crippen MR) is 92.1 cm³/mol. The van der Waals surface area contributed by atoms with Gasteiger partial charge in [0.15, 0.2) is 6.61 Å². The monoisotopic (exact) mass is 356 g/mol. The Morgan fingerprint density at radius 1 is 1.12 bits per heavy atom. The summed E-state index contributed by atoms with van der Waals surface area (Å²) in [5, 5.41) is 13.7. The molecule has 0 unspecified atom stereocenters. The first kappa shape index (κ1) is 19.0. The van der Waals surface area contributed by atoms with E-state index in [0.717, 1.165) is 17.2 Å². The minimum absolute atomic E-state index is 0.0236. The van der Waals surface area contributed by atoms with Crippen LogP contribution in [0.2, 0.25) is 0 Å². The summed E-state index contributed by atoms with van der Waals surface area (Å²) in [6.07, 6.45) is 0. The molecular formula is C19H18NO6-. The number of rotatable bonds is 6. The Morgan fingerprint density at radius 2 is 1.85 bits per heavy atom. The maximum Gasteiger partial charge on any atom is 0.308 e. The Hall–Kier alpha value is -3.35. The molecule has 2 rings (SSSR count). The van der Waals surface area contributed by atoms with Crippen LogP contribution in [0.3, 0.4) is 0 Å². The molecule has 0 saturated heterocycles. The molecule has 0 radical (unpaired) electrons. The number of esters is 1.